The third-order valence-corrected chi connectivity index (χ3v) is 10.0. The largest absolute Gasteiger partial charge is 0.382 e. The first-order valence-corrected chi connectivity index (χ1v) is 22.3. The van der Waals surface area contributed by atoms with Gasteiger partial charge in [0.15, 0.2) is 5.82 Å². The van der Waals surface area contributed by atoms with Crippen molar-refractivity contribution in [3.63, 3.8) is 0 Å². The summed E-state index contributed by atoms with van der Waals surface area (Å²) in [7, 11) is 0. The second-order valence-corrected chi connectivity index (χ2v) is 15.0. The number of benzene rings is 1. The maximum atomic E-state index is 11.5. The molecule has 4 rings (SSSR count). The molecule has 0 bridgehead atoms. The number of carbonyl (C=O) groups is 1. The molecule has 0 saturated carbocycles. The quantitative estimate of drug-likeness (QED) is 0.0790. The number of anilines is 2. The van der Waals surface area contributed by atoms with Crippen LogP contribution >= 0.6 is 0 Å². The predicted molar refractivity (Wildman–Crippen MR) is 236 cm³/mol. The first-order valence-electron chi connectivity index (χ1n) is 22.3. The highest BCUT2D eigenvalue weighted by Crippen LogP contribution is 2.30. The molecule has 61 heavy (non-hydrogen) atoms. The minimum Gasteiger partial charge on any atom is -0.382 e. The summed E-state index contributed by atoms with van der Waals surface area (Å²) in [6.45, 7) is 21.0. The van der Waals surface area contributed by atoms with Crippen LogP contribution in [0.3, 0.4) is 0 Å². The number of aryl methyl sites for hydroxylation is 1. The van der Waals surface area contributed by atoms with Crippen molar-refractivity contribution in [1.29, 1.82) is 0 Å². The van der Waals surface area contributed by atoms with Crippen LogP contribution in [0.5, 0.6) is 0 Å². The number of aromatic nitrogens is 3. The van der Waals surface area contributed by atoms with E-state index in [0.29, 0.717) is 144 Å². The monoisotopic (exact) mass is 863 g/mol. The second-order valence-electron chi connectivity index (χ2n) is 15.0. The summed E-state index contributed by atoms with van der Waals surface area (Å²) in [5.74, 6) is 1.73. The molecule has 1 aliphatic rings. The number of hydrogen-bond donors (Lipinski definition) is 2. The van der Waals surface area contributed by atoms with Crippen LogP contribution in [0.2, 0.25) is 0 Å². The van der Waals surface area contributed by atoms with E-state index in [2.05, 4.69) is 44.9 Å². The highest BCUT2D eigenvalue weighted by Gasteiger charge is 2.19. The molecule has 1 aromatic carbocycles. The zero-order chi connectivity index (χ0) is 43.2. The van der Waals surface area contributed by atoms with E-state index in [1.807, 2.05) is 13.8 Å². The number of pyridine rings is 1. The Bertz CT molecular complexity index is 1590. The molecule has 3 heterocycles. The number of hydrogen-bond acceptors (Lipinski definition) is 16. The summed E-state index contributed by atoms with van der Waals surface area (Å²) < 4.78 is 55.5. The number of nitrogens with one attached hydrogen (secondary N) is 1. The van der Waals surface area contributed by atoms with Gasteiger partial charge in [-0.15, -0.1) is 0 Å². The van der Waals surface area contributed by atoms with E-state index < -0.39 is 0 Å². The second kappa shape index (κ2) is 31.7. The van der Waals surface area contributed by atoms with Crippen molar-refractivity contribution in [1.82, 2.24) is 19.9 Å². The van der Waals surface area contributed by atoms with Crippen molar-refractivity contribution < 1.29 is 52.2 Å². The van der Waals surface area contributed by atoms with Crippen molar-refractivity contribution in [2.75, 3.05) is 175 Å². The van der Waals surface area contributed by atoms with Crippen LogP contribution < -0.4 is 10.6 Å². The zero-order valence-electron chi connectivity index (χ0n) is 37.2. The van der Waals surface area contributed by atoms with E-state index in [1.165, 1.54) is 5.69 Å². The highest BCUT2D eigenvalue weighted by atomic mass is 16.6. The smallest absolute Gasteiger partial charge is 0.152 e. The number of unbranched alkanes of at least 4 members (excludes halogenated alkanes) is 1. The van der Waals surface area contributed by atoms with Gasteiger partial charge < -0.3 is 63.0 Å². The van der Waals surface area contributed by atoms with Gasteiger partial charge in [-0.2, -0.15) is 0 Å². The molecule has 1 aliphatic heterocycles. The van der Waals surface area contributed by atoms with Gasteiger partial charge in [0.25, 0.3) is 0 Å². The van der Waals surface area contributed by atoms with Gasteiger partial charge >= 0.3 is 0 Å². The summed E-state index contributed by atoms with van der Waals surface area (Å²) in [5, 5.41) is 1.07. The molecule has 17 nitrogen and oxygen atoms in total. The number of fused-ring (bicyclic) bond motifs is 3. The zero-order valence-corrected chi connectivity index (χ0v) is 37.2. The Balaban J connectivity index is 0.842. The first-order chi connectivity index (χ1) is 30.0. The SMILES string of the molecule is CCCCc1nc2c(N)nc3ccc(N4CCN(CCOCCOCCOCCOCCOCCOCCOCCOCCOCCOCCC(=O)C(C)C)CC4)cc3c2[nH]1. The number of carbonyl (C=O) groups excluding carboxylic acids is 1. The number of aromatic amines is 1. The number of nitrogens with two attached hydrogens (primary N) is 1. The van der Waals surface area contributed by atoms with Gasteiger partial charge in [-0.1, -0.05) is 27.2 Å². The van der Waals surface area contributed by atoms with Crippen LogP contribution in [-0.2, 0) is 58.6 Å². The van der Waals surface area contributed by atoms with E-state index in [-0.39, 0.29) is 11.7 Å². The van der Waals surface area contributed by atoms with E-state index in [4.69, 9.17) is 58.1 Å². The van der Waals surface area contributed by atoms with Crippen molar-refractivity contribution in [3.8, 4) is 0 Å². The normalized spacial score (nSPS) is 13.7. The number of imidazole rings is 1. The summed E-state index contributed by atoms with van der Waals surface area (Å²) >= 11 is 0. The molecule has 346 valence electrons. The summed E-state index contributed by atoms with van der Waals surface area (Å²) in [6.07, 6.45) is 3.57. The minimum atomic E-state index is 0.0568. The molecule has 0 unspecified atom stereocenters. The molecule has 3 aromatic rings. The molecular formula is C44H74N6O11. The molecule has 0 radical (unpaired) electrons. The Morgan fingerprint density at radius 1 is 0.656 bits per heavy atom. The molecule has 17 heteroatoms. The maximum absolute atomic E-state index is 11.5. The number of ketones is 1. The van der Waals surface area contributed by atoms with Gasteiger partial charge in [0.2, 0.25) is 0 Å². The fraction of sp³-hybridized carbons (Fsp3) is 0.750. The third-order valence-electron chi connectivity index (χ3n) is 10.0. The minimum absolute atomic E-state index is 0.0568. The molecule has 0 spiro atoms. The van der Waals surface area contributed by atoms with Crippen LogP contribution in [0, 0.1) is 5.92 Å². The van der Waals surface area contributed by atoms with Gasteiger partial charge in [0.1, 0.15) is 17.1 Å². The number of Topliss-reactive ketones (excluding diaryl/α,β-unsaturated/α-hetero) is 1. The maximum Gasteiger partial charge on any atom is 0.152 e. The van der Waals surface area contributed by atoms with Crippen LogP contribution in [0.4, 0.5) is 11.5 Å². The lowest BCUT2D eigenvalue weighted by atomic mass is 10.1. The molecule has 1 saturated heterocycles. The number of H-pyrrole nitrogens is 1. The van der Waals surface area contributed by atoms with Crippen molar-refractivity contribution >= 4 is 39.2 Å². The Morgan fingerprint density at radius 3 is 1.57 bits per heavy atom. The number of ether oxygens (including phenoxy) is 10. The number of nitrogen functional groups attached to an aromatic ring is 1. The molecule has 0 aliphatic carbocycles. The molecular weight excluding hydrogens is 789 g/mol. The van der Waals surface area contributed by atoms with Crippen molar-refractivity contribution in [2.45, 2.75) is 46.5 Å². The van der Waals surface area contributed by atoms with Gasteiger partial charge in [0.05, 0.1) is 143 Å². The average molecular weight is 863 g/mol. The lowest BCUT2D eigenvalue weighted by Crippen LogP contribution is -2.47. The number of rotatable bonds is 38. The van der Waals surface area contributed by atoms with E-state index >= 15 is 0 Å². The van der Waals surface area contributed by atoms with Gasteiger partial charge in [-0.3, -0.25) is 9.69 Å². The van der Waals surface area contributed by atoms with Crippen molar-refractivity contribution in [2.24, 2.45) is 5.92 Å². The molecule has 0 amide bonds. The Labute approximate surface area is 362 Å². The highest BCUT2D eigenvalue weighted by molar-refractivity contribution is 6.07. The fourth-order valence-corrected chi connectivity index (χ4v) is 6.43. The topological polar surface area (TPSA) is 183 Å². The van der Waals surface area contributed by atoms with E-state index in [9.17, 15) is 4.79 Å². The van der Waals surface area contributed by atoms with Crippen LogP contribution in [0.15, 0.2) is 18.2 Å². The van der Waals surface area contributed by atoms with Gasteiger partial charge in [-0.25, -0.2) is 9.97 Å². The van der Waals surface area contributed by atoms with Crippen molar-refractivity contribution in [3.05, 3.63) is 24.0 Å². The Hall–Kier alpha value is -3.07. The summed E-state index contributed by atoms with van der Waals surface area (Å²) in [5.41, 5.74) is 10.1. The first kappa shape index (κ1) is 50.6. The standard InChI is InChI=1S/C44H74N6O11/c1-4-5-6-41-47-42-38-35-37(7-8-39(38)46-44(45)43(42)48-41)50-12-10-49(11-13-50)14-16-53-18-20-55-22-24-57-26-28-59-30-32-61-34-33-60-31-29-58-27-25-56-23-21-54-19-17-52-15-9-40(51)36(2)3/h7-8,35-36H,4-6,9-34H2,1-3H3,(H2,45,46)(H,47,48). The molecule has 3 N–H and O–H groups in total. The predicted octanol–water partition coefficient (Wildman–Crippen LogP) is 3.94. The third kappa shape index (κ3) is 20.8. The fourth-order valence-electron chi connectivity index (χ4n) is 6.43. The summed E-state index contributed by atoms with van der Waals surface area (Å²) in [4.78, 5) is 29.3. The molecule has 2 aromatic heterocycles. The van der Waals surface area contributed by atoms with Gasteiger partial charge in [0, 0.05) is 62.6 Å². The lowest BCUT2D eigenvalue weighted by Gasteiger charge is -2.36. The Kier molecular flexibility index (Phi) is 26.3. The van der Waals surface area contributed by atoms with Gasteiger partial charge in [-0.05, 0) is 24.6 Å². The van der Waals surface area contributed by atoms with E-state index in [0.717, 1.165) is 79.7 Å². The number of nitrogens with zero attached hydrogens (tertiary/aromatic N) is 4. The average Bonchev–Trinajstić information content (AvgIpc) is 3.71. The van der Waals surface area contributed by atoms with Crippen LogP contribution in [-0.4, -0.2) is 190 Å². The molecule has 1 fully saturated rings. The van der Waals surface area contributed by atoms with Crippen LogP contribution in [0.25, 0.3) is 21.9 Å². The summed E-state index contributed by atoms with van der Waals surface area (Å²) in [6, 6.07) is 6.43. The molecule has 0 atom stereocenters. The van der Waals surface area contributed by atoms with E-state index in [1.54, 1.807) is 0 Å². The number of piperazine rings is 1. The van der Waals surface area contributed by atoms with Crippen LogP contribution in [0.1, 0.15) is 45.9 Å². The lowest BCUT2D eigenvalue weighted by molar-refractivity contribution is -0.123. The Morgan fingerprint density at radius 2 is 1.11 bits per heavy atom.